The molecule has 254 valence electrons. The summed E-state index contributed by atoms with van der Waals surface area (Å²) in [6.45, 7) is 5.73. The van der Waals surface area contributed by atoms with Gasteiger partial charge in [0, 0.05) is 24.3 Å². The molecule has 4 unspecified atom stereocenters. The van der Waals surface area contributed by atoms with E-state index in [1.54, 1.807) is 13.8 Å². The Morgan fingerprint density at radius 2 is 0.844 bits per heavy atom. The number of alkyl halides is 2. The molecule has 0 aromatic rings. The minimum atomic E-state index is -1.32. The van der Waals surface area contributed by atoms with Crippen LogP contribution in [0.1, 0.15) is 53.4 Å². The van der Waals surface area contributed by atoms with Crippen LogP contribution in [-0.2, 0) is 66.8 Å². The Kier molecular flexibility index (Phi) is 21.3. The van der Waals surface area contributed by atoms with Crippen molar-refractivity contribution in [2.45, 2.75) is 77.8 Å². The van der Waals surface area contributed by atoms with Crippen LogP contribution in [0.25, 0.3) is 0 Å². The summed E-state index contributed by atoms with van der Waals surface area (Å²) in [5, 5.41) is 16.9. The van der Waals surface area contributed by atoms with Gasteiger partial charge >= 0.3 is 216 Å². The molecule has 0 aromatic heterocycles. The van der Waals surface area contributed by atoms with E-state index in [1.807, 2.05) is 0 Å². The van der Waals surface area contributed by atoms with Crippen LogP contribution in [0.3, 0.4) is 0 Å². The van der Waals surface area contributed by atoms with Crippen LogP contribution in [-0.4, -0.2) is 104 Å². The van der Waals surface area contributed by atoms with Crippen molar-refractivity contribution in [3.05, 3.63) is 24.3 Å². The topological polar surface area (TPSA) is 232 Å². The third kappa shape index (κ3) is 25.0. The molecule has 0 aromatic carbocycles. The first kappa shape index (κ1) is 41.0. The van der Waals surface area contributed by atoms with Crippen molar-refractivity contribution < 1.29 is 98.2 Å². The van der Waals surface area contributed by atoms with E-state index in [0.29, 0.717) is 21.0 Å². The van der Waals surface area contributed by atoms with E-state index in [1.165, 1.54) is 13.8 Å². The van der Waals surface area contributed by atoms with Crippen molar-refractivity contribution in [3.8, 4) is 0 Å². The van der Waals surface area contributed by atoms with Gasteiger partial charge in [-0.05, 0) is 0 Å². The maximum absolute atomic E-state index is 12.0. The zero-order valence-corrected chi connectivity index (χ0v) is 27.4. The molecular formula is C28H38IO16-. The molecule has 0 rings (SSSR count). The van der Waals surface area contributed by atoms with E-state index < -0.39 is 93.4 Å². The number of carboxylic acid groups (broad SMARTS) is 2. The van der Waals surface area contributed by atoms with Gasteiger partial charge in [0.15, 0.2) is 0 Å². The second-order valence-electron chi connectivity index (χ2n) is 9.30. The average Bonchev–Trinajstić information content (AvgIpc) is 2.94. The molecule has 0 fully saturated rings. The van der Waals surface area contributed by atoms with Gasteiger partial charge in [0.05, 0.1) is 0 Å². The molecule has 0 bridgehead atoms. The number of rotatable bonds is 22. The Balaban J connectivity index is 4.08. The number of carbonyl (C=O) groups is 8. The molecule has 0 aliphatic heterocycles. The molecule has 16 nitrogen and oxygen atoms in total. The van der Waals surface area contributed by atoms with E-state index in [2.05, 4.69) is 0 Å². The Morgan fingerprint density at radius 3 is 1.18 bits per heavy atom. The molecule has 0 heterocycles. The molecular weight excluding hydrogens is 719 g/mol. The van der Waals surface area contributed by atoms with E-state index in [-0.39, 0.29) is 38.9 Å². The Labute approximate surface area is 269 Å². The van der Waals surface area contributed by atoms with Crippen LogP contribution in [0.5, 0.6) is 0 Å². The molecule has 4 atom stereocenters. The number of hydrogen-bond donors (Lipinski definition) is 2. The third-order valence-electron chi connectivity index (χ3n) is 4.70. The van der Waals surface area contributed by atoms with Gasteiger partial charge in [-0.15, -0.1) is 0 Å². The number of carboxylic acids is 2. The molecule has 0 aliphatic rings. The first-order valence-electron chi connectivity index (χ1n) is 13.5. The molecule has 0 amide bonds. The molecule has 0 spiro atoms. The van der Waals surface area contributed by atoms with Crippen LogP contribution >= 0.6 is 0 Å². The van der Waals surface area contributed by atoms with Crippen molar-refractivity contribution in [2.24, 2.45) is 0 Å². The third-order valence-corrected chi connectivity index (χ3v) is 8.43. The molecule has 0 saturated carbocycles. The van der Waals surface area contributed by atoms with Crippen LogP contribution in [0.15, 0.2) is 24.3 Å². The monoisotopic (exact) mass is 757 g/mol. The molecule has 0 aliphatic carbocycles. The summed E-state index contributed by atoms with van der Waals surface area (Å²) >= 11 is -0.516. The molecule has 0 radical (unpaired) electrons. The second-order valence-corrected chi connectivity index (χ2v) is 12.1. The van der Waals surface area contributed by atoms with E-state index >= 15 is 0 Å². The molecule has 2 N–H and O–H groups in total. The van der Waals surface area contributed by atoms with Crippen molar-refractivity contribution in [3.63, 3.8) is 0 Å². The van der Waals surface area contributed by atoms with Gasteiger partial charge in [0.25, 0.3) is 0 Å². The van der Waals surface area contributed by atoms with E-state index in [9.17, 15) is 38.4 Å². The van der Waals surface area contributed by atoms with E-state index in [0.717, 1.165) is 12.2 Å². The number of carbonyl (C=O) groups excluding carboxylic acids is 6. The van der Waals surface area contributed by atoms with Gasteiger partial charge in [-0.3, -0.25) is 0 Å². The first-order chi connectivity index (χ1) is 21.1. The van der Waals surface area contributed by atoms with E-state index in [4.69, 9.17) is 38.6 Å². The van der Waals surface area contributed by atoms with Crippen molar-refractivity contribution in [2.75, 3.05) is 22.1 Å². The summed E-state index contributed by atoms with van der Waals surface area (Å²) in [5.41, 5.74) is 0. The standard InChI is InChI=1S/C28H38IO16/c1-17(42-27(38)11-9-23(34)40-15-19(3)44-25(36)7-5-21(30)31)13-29-14-18(2)43-28(39)12-10-24(35)41-16-20(4)45-26(37)8-6-22(32)33/h5-8,17-20H,9-16H2,1-4H3,(H,30,31)(H,32,33)/q-1/b7-5-,8-6-. The maximum atomic E-state index is 12.0. The molecule has 17 heteroatoms. The number of ether oxygens (including phenoxy) is 6. The number of hydrogen-bond acceptors (Lipinski definition) is 14. The van der Waals surface area contributed by atoms with Gasteiger partial charge in [-0.2, -0.15) is 0 Å². The fourth-order valence-electron chi connectivity index (χ4n) is 2.79. The van der Waals surface area contributed by atoms with Crippen LogP contribution in [0, 0.1) is 0 Å². The smallest absolute Gasteiger partial charge is 0.478 e. The quantitative estimate of drug-likeness (QED) is 0.0390. The Hall–Kier alpha value is -4.03. The normalized spacial score (nSPS) is 13.7. The number of halogens is 1. The summed E-state index contributed by atoms with van der Waals surface area (Å²) in [5.74, 6) is -7.06. The zero-order valence-electron chi connectivity index (χ0n) is 25.3. The van der Waals surface area contributed by atoms with Gasteiger partial charge < -0.3 is 10.2 Å². The van der Waals surface area contributed by atoms with Crippen LogP contribution in [0.4, 0.5) is 0 Å². The minimum Gasteiger partial charge on any atom is -0.478 e. The number of aliphatic carboxylic acids is 2. The summed E-state index contributed by atoms with van der Waals surface area (Å²) in [4.78, 5) is 91.2. The predicted octanol–water partition coefficient (Wildman–Crippen LogP) is -2.27. The predicted molar refractivity (Wildman–Crippen MR) is 146 cm³/mol. The Morgan fingerprint density at radius 1 is 0.511 bits per heavy atom. The van der Waals surface area contributed by atoms with Crippen LogP contribution < -0.4 is 21.2 Å². The summed E-state index contributed by atoms with van der Waals surface area (Å²) in [6, 6.07) is 0. The Bertz CT molecular complexity index is 1010. The average molecular weight is 758 g/mol. The summed E-state index contributed by atoms with van der Waals surface area (Å²) in [7, 11) is 0. The van der Waals surface area contributed by atoms with Crippen molar-refractivity contribution >= 4 is 47.8 Å². The first-order valence-corrected chi connectivity index (χ1v) is 16.6. The zero-order chi connectivity index (χ0) is 34.4. The van der Waals surface area contributed by atoms with Gasteiger partial charge in [0.1, 0.15) is 0 Å². The molecule has 0 saturated heterocycles. The molecule has 45 heavy (non-hydrogen) atoms. The second kappa shape index (κ2) is 23.4. The van der Waals surface area contributed by atoms with Gasteiger partial charge in [0.2, 0.25) is 0 Å². The number of esters is 6. The van der Waals surface area contributed by atoms with Gasteiger partial charge in [-0.1, -0.05) is 0 Å². The van der Waals surface area contributed by atoms with Gasteiger partial charge in [-0.25, -0.2) is 19.2 Å². The summed E-state index contributed by atoms with van der Waals surface area (Å²) in [6.07, 6.45) is -0.783. The summed E-state index contributed by atoms with van der Waals surface area (Å²) < 4.78 is 31.2. The minimum absolute atomic E-state index is 0.221. The van der Waals surface area contributed by atoms with Crippen LogP contribution in [0.2, 0.25) is 0 Å². The van der Waals surface area contributed by atoms with Crippen molar-refractivity contribution in [1.29, 1.82) is 0 Å². The van der Waals surface area contributed by atoms with Crippen molar-refractivity contribution in [1.82, 2.24) is 0 Å². The SMILES string of the molecule is CC(COC(=O)CCC(=O)OC(C)C[I-]CC(C)OC(=O)CCC(=O)OCC(C)OC(=O)/C=C\C(=O)O)OC(=O)/C=C\C(=O)O. The fraction of sp³-hybridized carbons (Fsp3) is 0.571. The fourth-order valence-corrected chi connectivity index (χ4v) is 5.27.